The number of aromatic amines is 1. The first-order valence-electron chi connectivity index (χ1n) is 4.96. The van der Waals surface area contributed by atoms with E-state index in [1.54, 1.807) is 24.3 Å². The highest BCUT2D eigenvalue weighted by Gasteiger charge is 2.13. The average molecular weight is 232 g/mol. The minimum absolute atomic E-state index is 0.104. The Bertz CT molecular complexity index is 578. The summed E-state index contributed by atoms with van der Waals surface area (Å²) in [5.41, 5.74) is 0.303. The van der Waals surface area contributed by atoms with Crippen molar-refractivity contribution in [3.05, 3.63) is 40.7 Å². The fourth-order valence-electron chi connectivity index (χ4n) is 1.48. The topological polar surface area (TPSA) is 95.2 Å². The van der Waals surface area contributed by atoms with E-state index in [0.717, 1.165) is 5.01 Å². The fourth-order valence-corrected chi connectivity index (χ4v) is 1.48. The number of nitrogens with two attached hydrogens (primary N) is 1. The molecule has 4 N–H and O–H groups in total. The van der Waals surface area contributed by atoms with Crippen molar-refractivity contribution in [3.63, 3.8) is 0 Å². The maximum atomic E-state index is 11.8. The molecular weight excluding hydrogens is 220 g/mol. The zero-order chi connectivity index (χ0) is 12.4. The van der Waals surface area contributed by atoms with Crippen LogP contribution in [0.5, 0.6) is 5.88 Å². The Kier molecular flexibility index (Phi) is 2.80. The number of rotatable bonds is 2. The minimum atomic E-state index is -0.434. The summed E-state index contributed by atoms with van der Waals surface area (Å²) in [5, 5.41) is 10.9. The molecule has 0 bridgehead atoms. The van der Waals surface area contributed by atoms with E-state index < -0.39 is 5.56 Å². The SMILES string of the molecule is CN(N)c1nc(O)c(-c2ccccc2)c(=O)[nH]1. The van der Waals surface area contributed by atoms with Crippen molar-refractivity contribution in [2.45, 2.75) is 0 Å². The molecule has 2 rings (SSSR count). The summed E-state index contributed by atoms with van der Waals surface area (Å²) >= 11 is 0. The number of nitrogens with zero attached hydrogens (tertiary/aromatic N) is 2. The Balaban J connectivity index is 2.61. The van der Waals surface area contributed by atoms with Gasteiger partial charge in [0.2, 0.25) is 11.8 Å². The summed E-state index contributed by atoms with van der Waals surface area (Å²) in [4.78, 5) is 18.1. The number of hydrogen-bond donors (Lipinski definition) is 3. The van der Waals surface area contributed by atoms with Crippen LogP contribution in [-0.2, 0) is 0 Å². The van der Waals surface area contributed by atoms with Gasteiger partial charge in [-0.25, -0.2) is 5.84 Å². The van der Waals surface area contributed by atoms with Crippen molar-refractivity contribution < 1.29 is 5.11 Å². The van der Waals surface area contributed by atoms with E-state index in [0.29, 0.717) is 5.56 Å². The zero-order valence-corrected chi connectivity index (χ0v) is 9.21. The van der Waals surface area contributed by atoms with Crippen LogP contribution >= 0.6 is 0 Å². The van der Waals surface area contributed by atoms with Gasteiger partial charge in [0, 0.05) is 7.05 Å². The number of hydrogen-bond acceptors (Lipinski definition) is 5. The molecule has 0 amide bonds. The van der Waals surface area contributed by atoms with Crippen molar-refractivity contribution in [1.29, 1.82) is 0 Å². The highest BCUT2D eigenvalue weighted by molar-refractivity contribution is 5.67. The average Bonchev–Trinajstić information content (AvgIpc) is 2.29. The molecule has 0 saturated heterocycles. The van der Waals surface area contributed by atoms with Crippen LogP contribution in [0.15, 0.2) is 35.1 Å². The van der Waals surface area contributed by atoms with Crippen molar-refractivity contribution in [3.8, 4) is 17.0 Å². The van der Waals surface area contributed by atoms with E-state index in [2.05, 4.69) is 9.97 Å². The Morgan fingerprint density at radius 2 is 2.00 bits per heavy atom. The molecule has 0 atom stereocenters. The van der Waals surface area contributed by atoms with Crippen molar-refractivity contribution in [2.24, 2.45) is 5.84 Å². The molecule has 0 aliphatic rings. The van der Waals surface area contributed by atoms with Gasteiger partial charge in [-0.1, -0.05) is 30.3 Å². The molecule has 1 aromatic carbocycles. The molecule has 88 valence electrons. The van der Waals surface area contributed by atoms with Crippen LogP contribution < -0.4 is 16.4 Å². The molecule has 0 aliphatic carbocycles. The summed E-state index contributed by atoms with van der Waals surface area (Å²) < 4.78 is 0. The van der Waals surface area contributed by atoms with Crippen LogP contribution in [0.4, 0.5) is 5.95 Å². The van der Waals surface area contributed by atoms with E-state index in [4.69, 9.17) is 5.84 Å². The molecule has 0 fully saturated rings. The molecule has 0 aliphatic heterocycles. The molecular formula is C11H12N4O2. The third-order valence-electron chi connectivity index (χ3n) is 2.28. The summed E-state index contributed by atoms with van der Waals surface area (Å²) in [6, 6.07) is 8.81. The molecule has 1 aromatic heterocycles. The van der Waals surface area contributed by atoms with E-state index in [-0.39, 0.29) is 17.4 Å². The van der Waals surface area contributed by atoms with E-state index >= 15 is 0 Å². The molecule has 6 nitrogen and oxygen atoms in total. The van der Waals surface area contributed by atoms with Gasteiger partial charge in [0.25, 0.3) is 5.56 Å². The van der Waals surface area contributed by atoms with E-state index in [1.165, 1.54) is 7.05 Å². The van der Waals surface area contributed by atoms with Gasteiger partial charge < -0.3 is 5.11 Å². The summed E-state index contributed by atoms with van der Waals surface area (Å²) in [6.07, 6.45) is 0. The first-order chi connectivity index (χ1) is 8.09. The van der Waals surface area contributed by atoms with Crippen molar-refractivity contribution >= 4 is 5.95 Å². The second kappa shape index (κ2) is 4.26. The van der Waals surface area contributed by atoms with Gasteiger partial charge in [0.05, 0.1) is 0 Å². The number of nitrogens with one attached hydrogen (secondary N) is 1. The third-order valence-corrected chi connectivity index (χ3v) is 2.28. The predicted octanol–water partition coefficient (Wildman–Crippen LogP) is 0.452. The number of aromatic nitrogens is 2. The Morgan fingerprint density at radius 3 is 2.53 bits per heavy atom. The van der Waals surface area contributed by atoms with Gasteiger partial charge in [-0.3, -0.25) is 14.8 Å². The lowest BCUT2D eigenvalue weighted by atomic mass is 10.1. The summed E-state index contributed by atoms with van der Waals surface area (Å²) in [6.45, 7) is 0. The number of hydrazine groups is 1. The second-order valence-corrected chi connectivity index (χ2v) is 3.57. The number of benzene rings is 1. The molecule has 2 aromatic rings. The van der Waals surface area contributed by atoms with Gasteiger partial charge in [-0.15, -0.1) is 0 Å². The van der Waals surface area contributed by atoms with Gasteiger partial charge >= 0.3 is 0 Å². The lowest BCUT2D eigenvalue weighted by Crippen LogP contribution is -2.29. The molecule has 17 heavy (non-hydrogen) atoms. The molecule has 0 saturated carbocycles. The monoisotopic (exact) mass is 232 g/mol. The summed E-state index contributed by atoms with van der Waals surface area (Å²) in [7, 11) is 1.51. The minimum Gasteiger partial charge on any atom is -0.493 e. The molecule has 0 radical (unpaired) electrons. The Morgan fingerprint density at radius 1 is 1.35 bits per heavy atom. The van der Waals surface area contributed by atoms with Gasteiger partial charge in [-0.05, 0) is 5.56 Å². The highest BCUT2D eigenvalue weighted by atomic mass is 16.3. The normalized spacial score (nSPS) is 10.2. The van der Waals surface area contributed by atoms with Crippen molar-refractivity contribution in [2.75, 3.05) is 12.1 Å². The van der Waals surface area contributed by atoms with Crippen LogP contribution in [-0.4, -0.2) is 22.1 Å². The highest BCUT2D eigenvalue weighted by Crippen LogP contribution is 2.23. The van der Waals surface area contributed by atoms with Crippen LogP contribution in [0.1, 0.15) is 0 Å². The lowest BCUT2D eigenvalue weighted by molar-refractivity contribution is 0.453. The number of H-pyrrole nitrogens is 1. The maximum absolute atomic E-state index is 11.8. The first kappa shape index (κ1) is 11.2. The standard InChI is InChI=1S/C11H12N4O2/c1-15(12)11-13-9(16)8(10(17)14-11)7-5-3-2-4-6-7/h2-6H,12H2,1H3,(H2,13,14,16,17). The third kappa shape index (κ3) is 2.11. The maximum Gasteiger partial charge on any atom is 0.264 e. The van der Waals surface area contributed by atoms with E-state index in [1.807, 2.05) is 6.07 Å². The largest absolute Gasteiger partial charge is 0.493 e. The molecule has 0 unspecified atom stereocenters. The van der Waals surface area contributed by atoms with Crippen LogP contribution in [0.2, 0.25) is 0 Å². The molecule has 0 spiro atoms. The van der Waals surface area contributed by atoms with Gasteiger partial charge in [-0.2, -0.15) is 4.98 Å². The predicted molar refractivity (Wildman–Crippen MR) is 64.5 cm³/mol. The molecule has 1 heterocycles. The zero-order valence-electron chi connectivity index (χ0n) is 9.21. The van der Waals surface area contributed by atoms with E-state index in [9.17, 15) is 9.90 Å². The Hall–Kier alpha value is -2.34. The van der Waals surface area contributed by atoms with Crippen LogP contribution in [0.25, 0.3) is 11.1 Å². The molecule has 6 heteroatoms. The van der Waals surface area contributed by atoms with Crippen LogP contribution in [0, 0.1) is 0 Å². The van der Waals surface area contributed by atoms with Gasteiger partial charge in [0.1, 0.15) is 5.56 Å². The Labute approximate surface area is 97.3 Å². The fraction of sp³-hybridized carbons (Fsp3) is 0.0909. The van der Waals surface area contributed by atoms with Gasteiger partial charge in [0.15, 0.2) is 0 Å². The lowest BCUT2D eigenvalue weighted by Gasteiger charge is -2.11. The number of anilines is 1. The smallest absolute Gasteiger partial charge is 0.264 e. The van der Waals surface area contributed by atoms with Crippen LogP contribution in [0.3, 0.4) is 0 Å². The van der Waals surface area contributed by atoms with Crippen molar-refractivity contribution in [1.82, 2.24) is 9.97 Å². The second-order valence-electron chi connectivity index (χ2n) is 3.57. The quantitative estimate of drug-likeness (QED) is 0.516. The summed E-state index contributed by atoms with van der Waals surface area (Å²) in [5.74, 6) is 5.19. The first-order valence-corrected chi connectivity index (χ1v) is 4.96. The number of aromatic hydroxyl groups is 1.